The van der Waals surface area contributed by atoms with Crippen molar-refractivity contribution in [1.82, 2.24) is 0 Å². The van der Waals surface area contributed by atoms with Crippen molar-refractivity contribution in [2.24, 2.45) is 5.92 Å². The Balaban J connectivity index is 2.12. The molecule has 0 spiro atoms. The van der Waals surface area contributed by atoms with Crippen LogP contribution in [0.25, 0.3) is 0 Å². The summed E-state index contributed by atoms with van der Waals surface area (Å²) in [6.45, 7) is 1.63. The summed E-state index contributed by atoms with van der Waals surface area (Å²) in [6.07, 6.45) is 2.24. The van der Waals surface area contributed by atoms with Gasteiger partial charge in [-0.25, -0.2) is 0 Å². The van der Waals surface area contributed by atoms with Gasteiger partial charge in [0, 0.05) is 12.5 Å². The molecule has 1 aliphatic heterocycles. The SMILES string of the molecule is COc1ccc(C(Cl)C2CCCOC2)cc1Br. The molecule has 0 amide bonds. The molecular weight excluding hydrogens is 303 g/mol. The van der Waals surface area contributed by atoms with E-state index in [1.54, 1.807) is 7.11 Å². The third kappa shape index (κ3) is 3.15. The van der Waals surface area contributed by atoms with Crippen molar-refractivity contribution in [3.05, 3.63) is 28.2 Å². The van der Waals surface area contributed by atoms with Crippen LogP contribution in [0.4, 0.5) is 0 Å². The second kappa shape index (κ2) is 6.07. The predicted octanol–water partition coefficient (Wildman–Crippen LogP) is 4.16. The highest BCUT2D eigenvalue weighted by atomic mass is 79.9. The molecule has 0 radical (unpaired) electrons. The van der Waals surface area contributed by atoms with Crippen LogP contribution in [0.5, 0.6) is 5.75 Å². The standard InChI is InChI=1S/C13H16BrClO2/c1-16-12-5-4-9(7-11(12)14)13(15)10-3-2-6-17-8-10/h4-5,7,10,13H,2-3,6,8H2,1H3. The van der Waals surface area contributed by atoms with Crippen molar-refractivity contribution in [2.45, 2.75) is 18.2 Å². The van der Waals surface area contributed by atoms with Crippen molar-refractivity contribution < 1.29 is 9.47 Å². The van der Waals surface area contributed by atoms with Crippen LogP contribution in [0.15, 0.2) is 22.7 Å². The fourth-order valence-electron chi connectivity index (χ4n) is 2.12. The smallest absolute Gasteiger partial charge is 0.133 e. The zero-order valence-electron chi connectivity index (χ0n) is 9.79. The lowest BCUT2D eigenvalue weighted by Gasteiger charge is -2.26. The maximum Gasteiger partial charge on any atom is 0.133 e. The fraction of sp³-hybridized carbons (Fsp3) is 0.538. The van der Waals surface area contributed by atoms with E-state index in [9.17, 15) is 0 Å². The largest absolute Gasteiger partial charge is 0.496 e. The number of hydrogen-bond donors (Lipinski definition) is 0. The lowest BCUT2D eigenvalue weighted by atomic mass is 9.93. The van der Waals surface area contributed by atoms with Crippen LogP contribution in [-0.2, 0) is 4.74 Å². The number of hydrogen-bond acceptors (Lipinski definition) is 2. The first-order chi connectivity index (χ1) is 8.22. The van der Waals surface area contributed by atoms with E-state index in [2.05, 4.69) is 15.9 Å². The molecule has 1 aliphatic rings. The van der Waals surface area contributed by atoms with Gasteiger partial charge >= 0.3 is 0 Å². The molecule has 1 heterocycles. The third-order valence-electron chi connectivity index (χ3n) is 3.10. The Hall–Kier alpha value is -0.250. The van der Waals surface area contributed by atoms with Gasteiger partial charge in [-0.3, -0.25) is 0 Å². The first-order valence-corrected chi connectivity index (χ1v) is 7.00. The Kier molecular flexibility index (Phi) is 4.71. The van der Waals surface area contributed by atoms with Gasteiger partial charge in [-0.1, -0.05) is 6.07 Å². The lowest BCUT2D eigenvalue weighted by molar-refractivity contribution is 0.0531. The van der Waals surface area contributed by atoms with Gasteiger partial charge in [0.15, 0.2) is 0 Å². The Morgan fingerprint density at radius 2 is 2.35 bits per heavy atom. The summed E-state index contributed by atoms with van der Waals surface area (Å²) < 4.78 is 11.6. The highest BCUT2D eigenvalue weighted by Gasteiger charge is 2.24. The van der Waals surface area contributed by atoms with Gasteiger partial charge in [-0.05, 0) is 46.5 Å². The normalized spacial score (nSPS) is 22.2. The van der Waals surface area contributed by atoms with Crippen LogP contribution in [0.3, 0.4) is 0 Å². The molecular formula is C13H16BrClO2. The van der Waals surface area contributed by atoms with Gasteiger partial charge in [0.25, 0.3) is 0 Å². The minimum Gasteiger partial charge on any atom is -0.496 e. The summed E-state index contributed by atoms with van der Waals surface area (Å²) >= 11 is 10.00. The lowest BCUT2D eigenvalue weighted by Crippen LogP contribution is -2.21. The van der Waals surface area contributed by atoms with Gasteiger partial charge in [0.2, 0.25) is 0 Å². The molecule has 1 fully saturated rings. The Morgan fingerprint density at radius 3 is 2.94 bits per heavy atom. The van der Waals surface area contributed by atoms with Crippen molar-refractivity contribution in [3.8, 4) is 5.75 Å². The molecule has 94 valence electrons. The summed E-state index contributed by atoms with van der Waals surface area (Å²) in [7, 11) is 1.66. The Labute approximate surface area is 115 Å². The summed E-state index contributed by atoms with van der Waals surface area (Å²) in [5, 5.41) is 0.0116. The molecule has 1 saturated heterocycles. The van der Waals surface area contributed by atoms with E-state index >= 15 is 0 Å². The molecule has 0 aromatic heterocycles. The van der Waals surface area contributed by atoms with E-state index in [0.717, 1.165) is 41.8 Å². The third-order valence-corrected chi connectivity index (χ3v) is 4.33. The summed E-state index contributed by atoms with van der Waals surface area (Å²) in [5.74, 6) is 1.24. The highest BCUT2D eigenvalue weighted by molar-refractivity contribution is 9.10. The number of benzene rings is 1. The predicted molar refractivity (Wildman–Crippen MR) is 72.8 cm³/mol. The van der Waals surface area contributed by atoms with E-state index < -0.39 is 0 Å². The molecule has 1 aromatic carbocycles. The van der Waals surface area contributed by atoms with E-state index in [0.29, 0.717) is 5.92 Å². The molecule has 0 aliphatic carbocycles. The molecule has 17 heavy (non-hydrogen) atoms. The van der Waals surface area contributed by atoms with Crippen LogP contribution in [0, 0.1) is 5.92 Å². The van der Waals surface area contributed by atoms with E-state index in [1.807, 2.05) is 18.2 Å². The van der Waals surface area contributed by atoms with E-state index in [4.69, 9.17) is 21.1 Å². The molecule has 4 heteroatoms. The maximum atomic E-state index is 6.51. The first kappa shape index (κ1) is 13.2. The average molecular weight is 320 g/mol. The molecule has 2 unspecified atom stereocenters. The molecule has 2 atom stereocenters. The zero-order valence-corrected chi connectivity index (χ0v) is 12.1. The van der Waals surface area contributed by atoms with Crippen molar-refractivity contribution in [3.63, 3.8) is 0 Å². The minimum atomic E-state index is 0.0116. The van der Waals surface area contributed by atoms with Crippen LogP contribution in [-0.4, -0.2) is 20.3 Å². The average Bonchev–Trinajstić information content (AvgIpc) is 2.39. The second-order valence-electron chi connectivity index (χ2n) is 4.27. The molecule has 0 saturated carbocycles. The van der Waals surface area contributed by atoms with Gasteiger partial charge in [-0.2, -0.15) is 0 Å². The van der Waals surface area contributed by atoms with Crippen LogP contribution < -0.4 is 4.74 Å². The van der Waals surface area contributed by atoms with E-state index in [-0.39, 0.29) is 5.38 Å². The van der Waals surface area contributed by atoms with Gasteiger partial charge < -0.3 is 9.47 Å². The molecule has 2 rings (SSSR count). The van der Waals surface area contributed by atoms with Gasteiger partial charge in [-0.15, -0.1) is 11.6 Å². The Bertz CT molecular complexity index is 378. The van der Waals surface area contributed by atoms with Crippen LogP contribution in [0.2, 0.25) is 0 Å². The number of rotatable bonds is 3. The summed E-state index contributed by atoms with van der Waals surface area (Å²) in [4.78, 5) is 0. The molecule has 0 N–H and O–H groups in total. The topological polar surface area (TPSA) is 18.5 Å². The molecule has 0 bridgehead atoms. The van der Waals surface area contributed by atoms with Crippen molar-refractivity contribution >= 4 is 27.5 Å². The first-order valence-electron chi connectivity index (χ1n) is 5.77. The fourth-order valence-corrected chi connectivity index (χ4v) is 3.02. The quantitative estimate of drug-likeness (QED) is 0.779. The molecule has 1 aromatic rings. The minimum absolute atomic E-state index is 0.0116. The maximum absolute atomic E-state index is 6.51. The van der Waals surface area contributed by atoms with Crippen molar-refractivity contribution in [2.75, 3.05) is 20.3 Å². The number of ether oxygens (including phenoxy) is 2. The summed E-state index contributed by atoms with van der Waals surface area (Å²) in [6, 6.07) is 6.00. The number of halogens is 2. The molecule has 2 nitrogen and oxygen atoms in total. The van der Waals surface area contributed by atoms with Gasteiger partial charge in [0.05, 0.1) is 23.6 Å². The number of methoxy groups -OCH3 is 1. The summed E-state index contributed by atoms with van der Waals surface area (Å²) in [5.41, 5.74) is 1.12. The highest BCUT2D eigenvalue weighted by Crippen LogP contribution is 2.37. The number of alkyl halides is 1. The Morgan fingerprint density at radius 1 is 1.53 bits per heavy atom. The van der Waals surface area contributed by atoms with Crippen LogP contribution in [0.1, 0.15) is 23.8 Å². The van der Waals surface area contributed by atoms with Crippen molar-refractivity contribution in [1.29, 1.82) is 0 Å². The van der Waals surface area contributed by atoms with Gasteiger partial charge in [0.1, 0.15) is 5.75 Å². The van der Waals surface area contributed by atoms with Crippen LogP contribution >= 0.6 is 27.5 Å². The zero-order chi connectivity index (χ0) is 12.3. The monoisotopic (exact) mass is 318 g/mol. The second-order valence-corrected chi connectivity index (χ2v) is 5.60. The van der Waals surface area contributed by atoms with E-state index in [1.165, 1.54) is 0 Å².